The number of halogens is 3. The smallest absolute Gasteiger partial charge is 0.254 e. The van der Waals surface area contributed by atoms with Crippen molar-refractivity contribution in [1.29, 1.82) is 0 Å². The molecular formula is C14H18BrCl2N3O2. The Morgan fingerprint density at radius 3 is 2.59 bits per heavy atom. The van der Waals surface area contributed by atoms with Gasteiger partial charge in [0, 0.05) is 43.3 Å². The molecule has 1 heterocycles. The molecule has 5 nitrogen and oxygen atoms in total. The van der Waals surface area contributed by atoms with Crippen LogP contribution in [0.3, 0.4) is 0 Å². The summed E-state index contributed by atoms with van der Waals surface area (Å²) in [5.74, 6) is -0.226. The van der Waals surface area contributed by atoms with Crippen LogP contribution in [0.5, 0.6) is 0 Å². The number of nitrogens with one attached hydrogen (secondary N) is 1. The molecule has 0 unspecified atom stereocenters. The molecule has 22 heavy (non-hydrogen) atoms. The Labute approximate surface area is 149 Å². The first-order valence-corrected chi connectivity index (χ1v) is 7.85. The fourth-order valence-corrected chi connectivity index (χ4v) is 2.63. The summed E-state index contributed by atoms with van der Waals surface area (Å²) in [6, 6.07) is 4.97. The van der Waals surface area contributed by atoms with Gasteiger partial charge in [-0.2, -0.15) is 0 Å². The van der Waals surface area contributed by atoms with Crippen LogP contribution in [-0.4, -0.2) is 61.4 Å². The number of carbonyl (C=O) groups excluding carboxylic acids is 2. The summed E-state index contributed by atoms with van der Waals surface area (Å²) in [6.45, 7) is 3.06. The molecular weight excluding hydrogens is 393 g/mol. The third-order valence-electron chi connectivity index (χ3n) is 3.36. The Morgan fingerprint density at radius 1 is 1.36 bits per heavy atom. The first kappa shape index (κ1) is 19.2. The van der Waals surface area contributed by atoms with Gasteiger partial charge in [-0.15, -0.1) is 12.4 Å². The van der Waals surface area contributed by atoms with Crippen LogP contribution in [0.4, 0.5) is 0 Å². The summed E-state index contributed by atoms with van der Waals surface area (Å²) in [5.41, 5.74) is 0.502. The fraction of sp³-hybridized carbons (Fsp3) is 0.429. The van der Waals surface area contributed by atoms with Crippen molar-refractivity contribution in [2.75, 3.05) is 39.8 Å². The van der Waals surface area contributed by atoms with Crippen molar-refractivity contribution >= 4 is 51.8 Å². The summed E-state index contributed by atoms with van der Waals surface area (Å²) in [7, 11) is 1.63. The van der Waals surface area contributed by atoms with Crippen LogP contribution in [0.15, 0.2) is 22.7 Å². The van der Waals surface area contributed by atoms with Gasteiger partial charge >= 0.3 is 0 Å². The highest BCUT2D eigenvalue weighted by Gasteiger charge is 2.21. The maximum absolute atomic E-state index is 12.3. The van der Waals surface area contributed by atoms with Gasteiger partial charge in [0.25, 0.3) is 5.91 Å². The molecule has 1 N–H and O–H groups in total. The van der Waals surface area contributed by atoms with E-state index in [1.54, 1.807) is 30.1 Å². The number of piperazine rings is 1. The Kier molecular flexibility index (Phi) is 7.62. The molecule has 1 aromatic rings. The SMILES string of the molecule is CN(CC(=O)N1CCNCC1)C(=O)c1ccc(Cl)c(Br)c1.Cl. The molecule has 2 rings (SSSR count). The lowest BCUT2D eigenvalue weighted by atomic mass is 10.2. The van der Waals surface area contributed by atoms with Crippen molar-refractivity contribution in [3.05, 3.63) is 33.3 Å². The monoisotopic (exact) mass is 409 g/mol. The lowest BCUT2D eigenvalue weighted by Gasteiger charge is -2.29. The topological polar surface area (TPSA) is 52.7 Å². The van der Waals surface area contributed by atoms with Gasteiger partial charge < -0.3 is 15.1 Å². The molecule has 0 aliphatic carbocycles. The molecule has 1 saturated heterocycles. The van der Waals surface area contributed by atoms with E-state index in [4.69, 9.17) is 11.6 Å². The van der Waals surface area contributed by atoms with Gasteiger partial charge in [0.1, 0.15) is 0 Å². The number of benzene rings is 1. The predicted octanol–water partition coefficient (Wildman–Crippen LogP) is 2.03. The maximum Gasteiger partial charge on any atom is 0.254 e. The highest BCUT2D eigenvalue weighted by atomic mass is 79.9. The molecule has 0 bridgehead atoms. The number of nitrogens with zero attached hydrogens (tertiary/aromatic N) is 2. The van der Waals surface area contributed by atoms with Crippen molar-refractivity contribution in [1.82, 2.24) is 15.1 Å². The van der Waals surface area contributed by atoms with Gasteiger partial charge in [-0.1, -0.05) is 11.6 Å². The first-order chi connectivity index (χ1) is 9.99. The van der Waals surface area contributed by atoms with Crippen molar-refractivity contribution < 1.29 is 9.59 Å². The molecule has 0 spiro atoms. The van der Waals surface area contributed by atoms with E-state index >= 15 is 0 Å². The van der Waals surface area contributed by atoms with Crippen molar-refractivity contribution in [3.8, 4) is 0 Å². The minimum atomic E-state index is -0.198. The fourth-order valence-electron chi connectivity index (χ4n) is 2.14. The second-order valence-electron chi connectivity index (χ2n) is 4.92. The summed E-state index contributed by atoms with van der Waals surface area (Å²) >= 11 is 9.20. The van der Waals surface area contributed by atoms with Crippen LogP contribution >= 0.6 is 39.9 Å². The number of hydrogen-bond acceptors (Lipinski definition) is 3. The molecule has 0 aromatic heterocycles. The largest absolute Gasteiger partial charge is 0.339 e. The molecule has 2 amide bonds. The zero-order valence-electron chi connectivity index (χ0n) is 12.1. The van der Waals surface area contributed by atoms with E-state index in [1.807, 2.05) is 0 Å². The number of likely N-dealkylation sites (N-methyl/N-ethyl adjacent to an activating group) is 1. The average Bonchev–Trinajstić information content (AvgIpc) is 2.50. The lowest BCUT2D eigenvalue weighted by Crippen LogP contribution is -2.49. The van der Waals surface area contributed by atoms with E-state index in [1.165, 1.54) is 4.90 Å². The van der Waals surface area contributed by atoms with Crippen LogP contribution < -0.4 is 5.32 Å². The lowest BCUT2D eigenvalue weighted by molar-refractivity contribution is -0.132. The van der Waals surface area contributed by atoms with Crippen LogP contribution in [-0.2, 0) is 4.79 Å². The van der Waals surface area contributed by atoms with Crippen LogP contribution in [0.25, 0.3) is 0 Å². The quantitative estimate of drug-likeness (QED) is 0.829. The highest BCUT2D eigenvalue weighted by molar-refractivity contribution is 9.10. The van der Waals surface area contributed by atoms with E-state index in [9.17, 15) is 9.59 Å². The summed E-state index contributed by atoms with van der Waals surface area (Å²) in [6.07, 6.45) is 0. The number of carbonyl (C=O) groups is 2. The summed E-state index contributed by atoms with van der Waals surface area (Å²) < 4.78 is 0.664. The van der Waals surface area contributed by atoms with Gasteiger partial charge in [0.2, 0.25) is 5.91 Å². The average molecular weight is 411 g/mol. The molecule has 1 aromatic carbocycles. The summed E-state index contributed by atoms with van der Waals surface area (Å²) in [5, 5.41) is 3.74. The van der Waals surface area contributed by atoms with Gasteiger partial charge in [-0.3, -0.25) is 9.59 Å². The Morgan fingerprint density at radius 2 is 2.00 bits per heavy atom. The second-order valence-corrected chi connectivity index (χ2v) is 6.18. The third-order valence-corrected chi connectivity index (χ3v) is 4.57. The maximum atomic E-state index is 12.3. The van der Waals surface area contributed by atoms with E-state index in [-0.39, 0.29) is 30.8 Å². The molecule has 1 aliphatic heterocycles. The predicted molar refractivity (Wildman–Crippen MR) is 92.8 cm³/mol. The van der Waals surface area contributed by atoms with Crippen molar-refractivity contribution in [3.63, 3.8) is 0 Å². The van der Waals surface area contributed by atoms with Gasteiger partial charge in [0.15, 0.2) is 0 Å². The zero-order valence-corrected chi connectivity index (χ0v) is 15.3. The molecule has 0 saturated carbocycles. The molecule has 0 atom stereocenters. The van der Waals surface area contributed by atoms with Gasteiger partial charge in [-0.25, -0.2) is 0 Å². The van der Waals surface area contributed by atoms with E-state index < -0.39 is 0 Å². The number of amides is 2. The summed E-state index contributed by atoms with van der Waals surface area (Å²) in [4.78, 5) is 27.7. The molecule has 8 heteroatoms. The molecule has 1 fully saturated rings. The van der Waals surface area contributed by atoms with Crippen LogP contribution in [0.2, 0.25) is 5.02 Å². The van der Waals surface area contributed by atoms with Crippen LogP contribution in [0.1, 0.15) is 10.4 Å². The third kappa shape index (κ3) is 4.84. The zero-order chi connectivity index (χ0) is 15.4. The minimum absolute atomic E-state index is 0. The second kappa shape index (κ2) is 8.72. The van der Waals surface area contributed by atoms with Crippen LogP contribution in [0, 0.1) is 0 Å². The normalized spacial score (nSPS) is 14.2. The van der Waals surface area contributed by atoms with E-state index in [0.29, 0.717) is 28.1 Å². The number of hydrogen-bond donors (Lipinski definition) is 1. The minimum Gasteiger partial charge on any atom is -0.339 e. The Hall–Kier alpha value is -0.820. The van der Waals surface area contributed by atoms with Crippen molar-refractivity contribution in [2.45, 2.75) is 0 Å². The number of rotatable bonds is 3. The molecule has 0 radical (unpaired) electrons. The Balaban J connectivity index is 0.00000242. The van der Waals surface area contributed by atoms with E-state index in [2.05, 4.69) is 21.2 Å². The van der Waals surface area contributed by atoms with Gasteiger partial charge in [-0.05, 0) is 34.1 Å². The van der Waals surface area contributed by atoms with Gasteiger partial charge in [0.05, 0.1) is 11.6 Å². The standard InChI is InChI=1S/C14H17BrClN3O2.ClH/c1-18(9-13(20)19-6-4-17-5-7-19)14(21)10-2-3-12(16)11(15)8-10;/h2-3,8,17H,4-7,9H2,1H3;1H. The first-order valence-electron chi connectivity index (χ1n) is 6.68. The van der Waals surface area contributed by atoms with Crippen molar-refractivity contribution in [2.24, 2.45) is 0 Å². The van der Waals surface area contributed by atoms with E-state index in [0.717, 1.165) is 13.1 Å². The Bertz CT molecular complexity index is 551. The molecule has 1 aliphatic rings. The molecule has 122 valence electrons. The highest BCUT2D eigenvalue weighted by Crippen LogP contribution is 2.23.